The summed E-state index contributed by atoms with van der Waals surface area (Å²) in [5, 5.41) is 0.784. The SMILES string of the molecule is [CH2-]Cc1ccc(Cl)cc1.[Cl-].[Mg+2]. The van der Waals surface area contributed by atoms with Crippen LogP contribution in [0.15, 0.2) is 24.3 Å². The normalized spacial score (nSPS) is 7.82. The van der Waals surface area contributed by atoms with Crippen LogP contribution in [-0.2, 0) is 6.42 Å². The van der Waals surface area contributed by atoms with E-state index in [9.17, 15) is 0 Å². The minimum absolute atomic E-state index is 0. The Morgan fingerprint density at radius 1 is 1.18 bits per heavy atom. The molecule has 3 heteroatoms. The van der Waals surface area contributed by atoms with Gasteiger partial charge in [0.1, 0.15) is 0 Å². The van der Waals surface area contributed by atoms with Gasteiger partial charge < -0.3 is 19.3 Å². The first-order chi connectivity index (χ1) is 4.33. The zero-order chi connectivity index (χ0) is 6.69. The van der Waals surface area contributed by atoms with Gasteiger partial charge in [-0.1, -0.05) is 29.3 Å². The molecular weight excluding hydrogens is 191 g/mol. The predicted octanol–water partition coefficient (Wildman–Crippen LogP) is -0.660. The Bertz CT molecular complexity index is 184. The van der Waals surface area contributed by atoms with Gasteiger partial charge in [0.15, 0.2) is 0 Å². The first-order valence-electron chi connectivity index (χ1n) is 2.86. The Balaban J connectivity index is 0. The Kier molecular flexibility index (Phi) is 9.27. The summed E-state index contributed by atoms with van der Waals surface area (Å²) in [5.74, 6) is 0. The molecule has 0 aliphatic rings. The van der Waals surface area contributed by atoms with Crippen LogP contribution in [0.2, 0.25) is 5.02 Å². The Hall–Kier alpha value is 0.566. The Morgan fingerprint density at radius 2 is 1.64 bits per heavy atom. The van der Waals surface area contributed by atoms with E-state index < -0.39 is 0 Å². The van der Waals surface area contributed by atoms with Gasteiger partial charge in [0.05, 0.1) is 0 Å². The largest absolute Gasteiger partial charge is 2.00 e. The van der Waals surface area contributed by atoms with Crippen LogP contribution >= 0.6 is 11.6 Å². The number of hydrogen-bond donors (Lipinski definition) is 0. The van der Waals surface area contributed by atoms with Gasteiger partial charge in [0, 0.05) is 5.02 Å². The molecule has 0 fully saturated rings. The average molecular weight is 199 g/mol. The van der Waals surface area contributed by atoms with Crippen LogP contribution in [0.5, 0.6) is 0 Å². The molecule has 0 heterocycles. The van der Waals surface area contributed by atoms with E-state index in [4.69, 9.17) is 11.6 Å². The van der Waals surface area contributed by atoms with Crippen LogP contribution in [0.25, 0.3) is 0 Å². The smallest absolute Gasteiger partial charge is 1.00 e. The van der Waals surface area contributed by atoms with Crippen molar-refractivity contribution in [2.24, 2.45) is 0 Å². The first-order valence-corrected chi connectivity index (χ1v) is 3.24. The molecule has 0 aliphatic heterocycles. The van der Waals surface area contributed by atoms with Crippen LogP contribution in [0.1, 0.15) is 5.56 Å². The van der Waals surface area contributed by atoms with Crippen molar-refractivity contribution in [3.05, 3.63) is 41.8 Å². The van der Waals surface area contributed by atoms with Crippen molar-refractivity contribution in [2.45, 2.75) is 6.42 Å². The molecule has 0 aromatic heterocycles. The predicted molar refractivity (Wildman–Crippen MR) is 46.3 cm³/mol. The maximum atomic E-state index is 5.65. The van der Waals surface area contributed by atoms with Gasteiger partial charge >= 0.3 is 23.1 Å². The standard InChI is InChI=1S/C8H8Cl.ClH.Mg/c1-2-7-3-5-8(9)6-4-7;;/h3-6H,1-2H2;1H;/q-1;;+2/p-1. The van der Waals surface area contributed by atoms with Gasteiger partial charge in [-0.3, -0.25) is 0 Å². The zero-order valence-electron chi connectivity index (χ0n) is 6.19. The van der Waals surface area contributed by atoms with Crippen molar-refractivity contribution in [1.82, 2.24) is 0 Å². The summed E-state index contributed by atoms with van der Waals surface area (Å²) in [7, 11) is 0. The molecule has 1 aromatic rings. The molecule has 0 unspecified atom stereocenters. The van der Waals surface area contributed by atoms with Crippen LogP contribution < -0.4 is 12.4 Å². The molecule has 0 radical (unpaired) electrons. The summed E-state index contributed by atoms with van der Waals surface area (Å²) < 4.78 is 0. The minimum atomic E-state index is 0. The molecule has 56 valence electrons. The van der Waals surface area contributed by atoms with Crippen molar-refractivity contribution in [1.29, 1.82) is 0 Å². The summed E-state index contributed by atoms with van der Waals surface area (Å²) in [6, 6.07) is 7.72. The van der Waals surface area contributed by atoms with E-state index in [2.05, 4.69) is 6.92 Å². The van der Waals surface area contributed by atoms with E-state index in [-0.39, 0.29) is 35.5 Å². The Morgan fingerprint density at radius 3 is 2.00 bits per heavy atom. The summed E-state index contributed by atoms with van der Waals surface area (Å²) >= 11 is 5.65. The van der Waals surface area contributed by atoms with Crippen LogP contribution in [0, 0.1) is 6.92 Å². The quantitative estimate of drug-likeness (QED) is 0.416. The van der Waals surface area contributed by atoms with Crippen molar-refractivity contribution in [3.63, 3.8) is 0 Å². The maximum Gasteiger partial charge on any atom is 2.00 e. The summed E-state index contributed by atoms with van der Waals surface area (Å²) in [6.07, 6.45) is 0.831. The molecular formula is C8H8Cl2Mg. The molecule has 0 amide bonds. The first kappa shape index (κ1) is 14.1. The maximum absolute atomic E-state index is 5.65. The molecule has 1 aromatic carbocycles. The second-order valence-electron chi connectivity index (χ2n) is 1.88. The Labute approximate surface area is 94.9 Å². The van der Waals surface area contributed by atoms with Crippen LogP contribution in [0.3, 0.4) is 0 Å². The zero-order valence-corrected chi connectivity index (χ0v) is 9.11. The molecule has 0 saturated heterocycles. The van der Waals surface area contributed by atoms with E-state index in [1.807, 2.05) is 24.3 Å². The fourth-order valence-corrected chi connectivity index (χ4v) is 0.777. The van der Waals surface area contributed by atoms with E-state index >= 15 is 0 Å². The van der Waals surface area contributed by atoms with Gasteiger partial charge in [-0.15, -0.1) is 0 Å². The summed E-state index contributed by atoms with van der Waals surface area (Å²) in [4.78, 5) is 0. The summed E-state index contributed by atoms with van der Waals surface area (Å²) in [5.41, 5.74) is 1.22. The van der Waals surface area contributed by atoms with E-state index in [1.165, 1.54) is 5.56 Å². The van der Waals surface area contributed by atoms with Gasteiger partial charge in [-0.25, -0.2) is 0 Å². The van der Waals surface area contributed by atoms with E-state index in [1.54, 1.807) is 0 Å². The van der Waals surface area contributed by atoms with Crippen molar-refractivity contribution in [2.75, 3.05) is 0 Å². The van der Waals surface area contributed by atoms with Gasteiger partial charge in [-0.2, -0.15) is 6.42 Å². The second kappa shape index (κ2) is 7.23. The number of halogens is 2. The molecule has 0 saturated carbocycles. The number of hydrogen-bond acceptors (Lipinski definition) is 0. The molecule has 0 spiro atoms. The van der Waals surface area contributed by atoms with Crippen molar-refractivity contribution in [3.8, 4) is 0 Å². The molecule has 1 rings (SSSR count). The fourth-order valence-electron chi connectivity index (χ4n) is 0.651. The van der Waals surface area contributed by atoms with Gasteiger partial charge in [0.25, 0.3) is 0 Å². The van der Waals surface area contributed by atoms with Gasteiger partial charge in [-0.05, 0) is 12.1 Å². The minimum Gasteiger partial charge on any atom is -1.00 e. The van der Waals surface area contributed by atoms with Crippen LogP contribution in [0.4, 0.5) is 0 Å². The molecule has 11 heavy (non-hydrogen) atoms. The molecule has 0 atom stereocenters. The third kappa shape index (κ3) is 4.91. The van der Waals surface area contributed by atoms with E-state index in [0.717, 1.165) is 11.4 Å². The fraction of sp³-hybridized carbons (Fsp3) is 0.125. The van der Waals surface area contributed by atoms with Crippen molar-refractivity contribution >= 4 is 34.7 Å². The summed E-state index contributed by atoms with van der Waals surface area (Å²) in [6.45, 7) is 3.74. The van der Waals surface area contributed by atoms with Gasteiger partial charge in [0.2, 0.25) is 0 Å². The van der Waals surface area contributed by atoms with E-state index in [0.29, 0.717) is 0 Å². The molecule has 0 aliphatic carbocycles. The molecule has 0 N–H and O–H groups in total. The average Bonchev–Trinajstić information content (AvgIpc) is 1.90. The second-order valence-corrected chi connectivity index (χ2v) is 2.31. The third-order valence-electron chi connectivity index (χ3n) is 1.20. The third-order valence-corrected chi connectivity index (χ3v) is 1.45. The molecule has 0 nitrogen and oxygen atoms in total. The van der Waals surface area contributed by atoms with Crippen LogP contribution in [-0.4, -0.2) is 23.1 Å². The monoisotopic (exact) mass is 198 g/mol. The van der Waals surface area contributed by atoms with Crippen molar-refractivity contribution < 1.29 is 12.4 Å². The molecule has 0 bridgehead atoms. The topological polar surface area (TPSA) is 0 Å². The number of benzene rings is 1. The number of rotatable bonds is 1.